The van der Waals surface area contributed by atoms with E-state index >= 15 is 0 Å². The van der Waals surface area contributed by atoms with E-state index in [0.29, 0.717) is 24.5 Å². The molecule has 0 aromatic heterocycles. The Morgan fingerprint density at radius 3 is 2.85 bits per heavy atom. The molecule has 0 spiro atoms. The SMILES string of the molecule is C#CCN=C(NCC)N1CCN(C(=O)Cc2cccc(Cl)c2)C(C)C1.I. The van der Waals surface area contributed by atoms with E-state index in [4.69, 9.17) is 18.0 Å². The average Bonchev–Trinajstić information content (AvgIpc) is 2.58. The van der Waals surface area contributed by atoms with Gasteiger partial charge in [-0.2, -0.15) is 0 Å². The molecule has 1 aliphatic heterocycles. The van der Waals surface area contributed by atoms with Gasteiger partial charge in [-0.1, -0.05) is 29.7 Å². The Kier molecular flexibility index (Phi) is 9.81. The summed E-state index contributed by atoms with van der Waals surface area (Å²) in [5, 5.41) is 3.92. The van der Waals surface area contributed by atoms with Crippen LogP contribution in [0.4, 0.5) is 0 Å². The summed E-state index contributed by atoms with van der Waals surface area (Å²) in [4.78, 5) is 21.2. The Balaban J connectivity index is 0.00000338. The Morgan fingerprint density at radius 2 is 2.23 bits per heavy atom. The number of nitrogens with zero attached hydrogens (tertiary/aromatic N) is 3. The second kappa shape index (κ2) is 11.3. The van der Waals surface area contributed by atoms with Gasteiger partial charge in [-0.25, -0.2) is 4.99 Å². The van der Waals surface area contributed by atoms with Gasteiger partial charge in [0.05, 0.1) is 6.42 Å². The number of amides is 1. The summed E-state index contributed by atoms with van der Waals surface area (Å²) < 4.78 is 0. The molecule has 7 heteroatoms. The lowest BCUT2D eigenvalue weighted by Crippen LogP contribution is -2.58. The largest absolute Gasteiger partial charge is 0.356 e. The fraction of sp³-hybridized carbons (Fsp3) is 0.474. The second-order valence-electron chi connectivity index (χ2n) is 6.06. The molecule has 1 aliphatic rings. The van der Waals surface area contributed by atoms with Gasteiger partial charge in [0.15, 0.2) is 5.96 Å². The summed E-state index contributed by atoms with van der Waals surface area (Å²) in [6.45, 7) is 7.36. The highest BCUT2D eigenvalue weighted by Crippen LogP contribution is 2.15. The van der Waals surface area contributed by atoms with Crippen molar-refractivity contribution < 1.29 is 4.79 Å². The van der Waals surface area contributed by atoms with Crippen LogP contribution in [0, 0.1) is 12.3 Å². The summed E-state index contributed by atoms with van der Waals surface area (Å²) >= 11 is 6.00. The normalized spacial score (nSPS) is 17.3. The number of benzene rings is 1. The lowest BCUT2D eigenvalue weighted by atomic mass is 10.1. The van der Waals surface area contributed by atoms with Crippen LogP contribution in [0.3, 0.4) is 0 Å². The van der Waals surface area contributed by atoms with Gasteiger partial charge >= 0.3 is 0 Å². The van der Waals surface area contributed by atoms with Gasteiger partial charge in [0, 0.05) is 37.2 Å². The van der Waals surface area contributed by atoms with Gasteiger partial charge in [-0.05, 0) is 31.5 Å². The van der Waals surface area contributed by atoms with Crippen molar-refractivity contribution in [1.29, 1.82) is 0 Å². The molecule has 0 radical (unpaired) electrons. The van der Waals surface area contributed by atoms with Gasteiger partial charge in [0.1, 0.15) is 6.54 Å². The van der Waals surface area contributed by atoms with Crippen LogP contribution >= 0.6 is 35.6 Å². The Labute approximate surface area is 178 Å². The number of terminal acetylenes is 1. The van der Waals surface area contributed by atoms with Gasteiger partial charge in [0.25, 0.3) is 0 Å². The number of nitrogens with one attached hydrogen (secondary N) is 1. The van der Waals surface area contributed by atoms with Crippen molar-refractivity contribution in [2.24, 2.45) is 4.99 Å². The van der Waals surface area contributed by atoms with Crippen LogP contribution in [0.15, 0.2) is 29.3 Å². The third-order valence-electron chi connectivity index (χ3n) is 4.15. The fourth-order valence-electron chi connectivity index (χ4n) is 2.99. The van der Waals surface area contributed by atoms with Crippen molar-refractivity contribution in [2.45, 2.75) is 26.3 Å². The van der Waals surface area contributed by atoms with Crippen LogP contribution < -0.4 is 5.32 Å². The lowest BCUT2D eigenvalue weighted by Gasteiger charge is -2.41. The predicted octanol–water partition coefficient (Wildman–Crippen LogP) is 2.63. The molecule has 0 aliphatic carbocycles. The van der Waals surface area contributed by atoms with Crippen LogP contribution in [0.1, 0.15) is 19.4 Å². The zero-order valence-electron chi connectivity index (χ0n) is 15.2. The van der Waals surface area contributed by atoms with Gasteiger partial charge in [0.2, 0.25) is 5.91 Å². The third-order valence-corrected chi connectivity index (χ3v) is 4.38. The molecule has 1 N–H and O–H groups in total. The summed E-state index contributed by atoms with van der Waals surface area (Å²) in [5.74, 6) is 3.48. The number of halogens is 2. The molecule has 1 saturated heterocycles. The molecule has 1 amide bonds. The van der Waals surface area contributed by atoms with E-state index in [1.807, 2.05) is 36.1 Å². The maximum atomic E-state index is 12.7. The number of hydrogen-bond acceptors (Lipinski definition) is 2. The van der Waals surface area contributed by atoms with E-state index in [1.165, 1.54) is 0 Å². The maximum Gasteiger partial charge on any atom is 0.227 e. The molecule has 1 fully saturated rings. The molecule has 5 nitrogen and oxygen atoms in total. The topological polar surface area (TPSA) is 47.9 Å². The molecule has 1 heterocycles. The number of hydrogen-bond donors (Lipinski definition) is 1. The number of guanidine groups is 1. The number of carbonyl (C=O) groups excluding carboxylic acids is 1. The van der Waals surface area contributed by atoms with Crippen LogP contribution in [0.25, 0.3) is 0 Å². The Morgan fingerprint density at radius 1 is 1.46 bits per heavy atom. The van der Waals surface area contributed by atoms with Crippen molar-refractivity contribution in [3.8, 4) is 12.3 Å². The van der Waals surface area contributed by atoms with Crippen molar-refractivity contribution in [3.05, 3.63) is 34.9 Å². The van der Waals surface area contributed by atoms with E-state index in [2.05, 4.69) is 28.1 Å². The highest BCUT2D eigenvalue weighted by molar-refractivity contribution is 14.0. The number of aliphatic imine (C=N–C) groups is 1. The van der Waals surface area contributed by atoms with E-state index in [-0.39, 0.29) is 35.9 Å². The quantitative estimate of drug-likeness (QED) is 0.307. The van der Waals surface area contributed by atoms with Crippen molar-refractivity contribution in [3.63, 3.8) is 0 Å². The molecule has 1 unspecified atom stereocenters. The third kappa shape index (κ3) is 6.36. The summed E-state index contributed by atoms with van der Waals surface area (Å²) in [5.41, 5.74) is 0.941. The summed E-state index contributed by atoms with van der Waals surface area (Å²) in [6.07, 6.45) is 5.68. The Bertz CT molecular complexity index is 674. The van der Waals surface area contributed by atoms with Crippen molar-refractivity contribution in [2.75, 3.05) is 32.7 Å². The van der Waals surface area contributed by atoms with E-state index in [1.54, 1.807) is 0 Å². The molecule has 0 bridgehead atoms. The summed E-state index contributed by atoms with van der Waals surface area (Å²) in [6, 6.07) is 7.57. The van der Waals surface area contributed by atoms with Crippen molar-refractivity contribution >= 4 is 47.4 Å². The smallest absolute Gasteiger partial charge is 0.227 e. The highest BCUT2D eigenvalue weighted by Gasteiger charge is 2.28. The number of piperazine rings is 1. The first-order chi connectivity index (χ1) is 12.0. The van der Waals surface area contributed by atoms with E-state index in [9.17, 15) is 4.79 Å². The van der Waals surface area contributed by atoms with Crippen LogP contribution in [0.5, 0.6) is 0 Å². The molecule has 1 atom stereocenters. The number of rotatable bonds is 4. The average molecular weight is 489 g/mol. The zero-order chi connectivity index (χ0) is 18.2. The number of carbonyl (C=O) groups is 1. The molecule has 1 aromatic rings. The predicted molar refractivity (Wildman–Crippen MR) is 118 cm³/mol. The minimum Gasteiger partial charge on any atom is -0.356 e. The van der Waals surface area contributed by atoms with Gasteiger partial charge in [-0.3, -0.25) is 4.79 Å². The first-order valence-corrected chi connectivity index (χ1v) is 8.93. The molecule has 0 saturated carbocycles. The molecule has 26 heavy (non-hydrogen) atoms. The first-order valence-electron chi connectivity index (χ1n) is 8.55. The molecule has 2 rings (SSSR count). The molecule has 142 valence electrons. The van der Waals surface area contributed by atoms with Gasteiger partial charge < -0.3 is 15.1 Å². The highest BCUT2D eigenvalue weighted by atomic mass is 127. The van der Waals surface area contributed by atoms with E-state index < -0.39 is 0 Å². The monoisotopic (exact) mass is 488 g/mol. The summed E-state index contributed by atoms with van der Waals surface area (Å²) in [7, 11) is 0. The minimum atomic E-state index is 0. The Hall–Kier alpha value is -1.46. The fourth-order valence-corrected chi connectivity index (χ4v) is 3.20. The van der Waals surface area contributed by atoms with E-state index in [0.717, 1.165) is 31.2 Å². The van der Waals surface area contributed by atoms with Crippen LogP contribution in [-0.4, -0.2) is 60.4 Å². The first kappa shape index (κ1) is 22.6. The zero-order valence-corrected chi connectivity index (χ0v) is 18.3. The van der Waals surface area contributed by atoms with Gasteiger partial charge in [-0.15, -0.1) is 30.4 Å². The van der Waals surface area contributed by atoms with Crippen LogP contribution in [0.2, 0.25) is 5.02 Å². The lowest BCUT2D eigenvalue weighted by molar-refractivity contribution is -0.134. The standard InChI is InChI=1S/C19H25ClN4O.HI/c1-4-9-22-19(21-5-2)23-10-11-24(15(3)14-23)18(25)13-16-7-6-8-17(20)12-16;/h1,6-8,12,15H,5,9-11,13-14H2,2-3H3,(H,21,22);1H. The van der Waals surface area contributed by atoms with Crippen LogP contribution in [-0.2, 0) is 11.2 Å². The second-order valence-corrected chi connectivity index (χ2v) is 6.50. The minimum absolute atomic E-state index is 0. The molecule has 1 aromatic carbocycles. The van der Waals surface area contributed by atoms with Crippen molar-refractivity contribution in [1.82, 2.24) is 15.1 Å². The molecular formula is C19H26ClIN4O. The maximum absolute atomic E-state index is 12.7. The molecular weight excluding hydrogens is 463 g/mol.